The van der Waals surface area contributed by atoms with E-state index < -0.39 is 0 Å². The average molecular weight is 229 g/mol. The molecule has 0 aliphatic heterocycles. The van der Waals surface area contributed by atoms with Crippen LogP contribution in [0.1, 0.15) is 20.3 Å². The van der Waals surface area contributed by atoms with Gasteiger partial charge in [-0.05, 0) is 13.3 Å². The quantitative estimate of drug-likeness (QED) is 0.638. The molecule has 0 aliphatic carbocycles. The fraction of sp³-hybridized carbons (Fsp3) is 0.800. The van der Waals surface area contributed by atoms with Gasteiger partial charge in [0.2, 0.25) is 0 Å². The Morgan fingerprint density at radius 3 is 2.14 bits per heavy atom. The third-order valence-corrected chi connectivity index (χ3v) is 3.33. The molecule has 0 heterocycles. The Labute approximate surface area is 61.9 Å². The summed E-state index contributed by atoms with van der Waals surface area (Å²) in [6, 6.07) is 0. The highest BCUT2D eigenvalue weighted by molar-refractivity contribution is 9.13. The molecule has 0 saturated heterocycles. The maximum Gasteiger partial charge on any atom is 0.0435 e. The predicted molar refractivity (Wildman–Crippen MR) is 40.9 cm³/mol. The summed E-state index contributed by atoms with van der Waals surface area (Å²) in [7, 11) is 0. The predicted octanol–water partition coefficient (Wildman–Crippen LogP) is 3.11. The minimum absolute atomic E-state index is 0.188. The van der Waals surface area contributed by atoms with E-state index in [1.165, 1.54) is 0 Å². The van der Waals surface area contributed by atoms with Crippen molar-refractivity contribution in [1.29, 1.82) is 0 Å². The largest absolute Gasteiger partial charge is 0.0863 e. The van der Waals surface area contributed by atoms with Gasteiger partial charge in [0.1, 0.15) is 0 Å². The van der Waals surface area contributed by atoms with E-state index in [0.29, 0.717) is 0 Å². The fourth-order valence-electron chi connectivity index (χ4n) is 0.0772. The van der Waals surface area contributed by atoms with Gasteiger partial charge in [0.25, 0.3) is 0 Å². The summed E-state index contributed by atoms with van der Waals surface area (Å²) in [6.07, 6.45) is 1.11. The lowest BCUT2D eigenvalue weighted by Crippen LogP contribution is -2.09. The first-order chi connectivity index (χ1) is 3.12. The third-order valence-electron chi connectivity index (χ3n) is 0.919. The number of alkyl halides is 1. The monoisotopic (exact) mass is 227 g/mol. The maximum atomic E-state index is 3.48. The van der Waals surface area contributed by atoms with Gasteiger partial charge in [0.15, 0.2) is 0 Å². The van der Waals surface area contributed by atoms with E-state index in [4.69, 9.17) is 0 Å². The van der Waals surface area contributed by atoms with Crippen LogP contribution in [0.5, 0.6) is 0 Å². The first-order valence-electron chi connectivity index (χ1n) is 2.26. The summed E-state index contributed by atoms with van der Waals surface area (Å²) >= 11 is 6.74. The smallest absolute Gasteiger partial charge is 0.0435 e. The van der Waals surface area contributed by atoms with Gasteiger partial charge in [-0.25, -0.2) is 0 Å². The van der Waals surface area contributed by atoms with Gasteiger partial charge in [-0.3, -0.25) is 0 Å². The maximum absolute atomic E-state index is 3.48. The molecule has 0 aromatic carbocycles. The Hall–Kier alpha value is 0.960. The lowest BCUT2D eigenvalue weighted by molar-refractivity contribution is 0.759. The van der Waals surface area contributed by atoms with E-state index in [1.807, 2.05) is 5.33 Å². The molecule has 0 nitrogen and oxygen atoms in total. The van der Waals surface area contributed by atoms with Crippen molar-refractivity contribution in [3.63, 3.8) is 0 Å². The lowest BCUT2D eigenvalue weighted by Gasteiger charge is -2.14. The van der Waals surface area contributed by atoms with Crippen molar-refractivity contribution in [2.75, 3.05) is 0 Å². The molecule has 0 bridgehead atoms. The SMILES string of the molecule is CCC(C)(Br)[CH]Br. The van der Waals surface area contributed by atoms with Gasteiger partial charge in [-0.15, -0.1) is 0 Å². The van der Waals surface area contributed by atoms with E-state index in [0.717, 1.165) is 6.42 Å². The summed E-state index contributed by atoms with van der Waals surface area (Å²) in [5.41, 5.74) is 0. The Kier molecular flexibility index (Phi) is 3.50. The molecule has 2 heteroatoms. The van der Waals surface area contributed by atoms with Crippen molar-refractivity contribution in [2.24, 2.45) is 0 Å². The minimum Gasteiger partial charge on any atom is -0.0863 e. The molecule has 1 atom stereocenters. The third kappa shape index (κ3) is 3.53. The van der Waals surface area contributed by atoms with E-state index in [2.05, 4.69) is 45.7 Å². The second-order valence-corrected chi connectivity index (χ2v) is 4.01. The number of hydrogen-bond acceptors (Lipinski definition) is 0. The van der Waals surface area contributed by atoms with E-state index in [1.54, 1.807) is 0 Å². The van der Waals surface area contributed by atoms with Crippen molar-refractivity contribution in [1.82, 2.24) is 0 Å². The van der Waals surface area contributed by atoms with Gasteiger partial charge in [-0.1, -0.05) is 38.8 Å². The first-order valence-corrected chi connectivity index (χ1v) is 3.97. The number of halogens is 2. The molecule has 0 rings (SSSR count). The molecule has 1 radical (unpaired) electrons. The Morgan fingerprint density at radius 2 is 2.14 bits per heavy atom. The van der Waals surface area contributed by atoms with E-state index in [-0.39, 0.29) is 4.32 Å². The zero-order valence-electron chi connectivity index (χ0n) is 4.54. The van der Waals surface area contributed by atoms with Gasteiger partial charge in [0.05, 0.1) is 0 Å². The molecule has 0 aromatic rings. The molecule has 0 fully saturated rings. The van der Waals surface area contributed by atoms with Crippen molar-refractivity contribution in [3.8, 4) is 0 Å². The van der Waals surface area contributed by atoms with Crippen molar-refractivity contribution in [3.05, 3.63) is 5.33 Å². The second-order valence-electron chi connectivity index (χ2n) is 1.74. The molecule has 0 aromatic heterocycles. The highest BCUT2D eigenvalue weighted by Crippen LogP contribution is 2.26. The van der Waals surface area contributed by atoms with Gasteiger partial charge >= 0.3 is 0 Å². The van der Waals surface area contributed by atoms with Crippen LogP contribution in [0.4, 0.5) is 0 Å². The Balaban J connectivity index is 3.36. The highest BCUT2D eigenvalue weighted by Gasteiger charge is 2.14. The molecule has 0 saturated carbocycles. The summed E-state index contributed by atoms with van der Waals surface area (Å²) in [5.74, 6) is 0. The molecule has 43 valence electrons. The van der Waals surface area contributed by atoms with E-state index >= 15 is 0 Å². The van der Waals surface area contributed by atoms with E-state index in [9.17, 15) is 0 Å². The highest BCUT2D eigenvalue weighted by atomic mass is 79.9. The Bertz CT molecular complexity index is 44.0. The standard InChI is InChI=1S/C5H9Br2/c1-3-5(2,7)4-6/h4H,3H2,1-2H3. The van der Waals surface area contributed by atoms with Gasteiger partial charge in [-0.2, -0.15) is 0 Å². The van der Waals surface area contributed by atoms with Crippen LogP contribution in [0.15, 0.2) is 0 Å². The molecule has 0 aliphatic rings. The fourth-order valence-corrected chi connectivity index (χ4v) is 0.401. The van der Waals surface area contributed by atoms with Crippen LogP contribution in [-0.2, 0) is 0 Å². The number of hydrogen-bond donors (Lipinski definition) is 0. The topological polar surface area (TPSA) is 0 Å². The van der Waals surface area contributed by atoms with Crippen LogP contribution in [0.25, 0.3) is 0 Å². The molecule has 7 heavy (non-hydrogen) atoms. The zero-order valence-corrected chi connectivity index (χ0v) is 7.71. The van der Waals surface area contributed by atoms with Crippen LogP contribution in [0.3, 0.4) is 0 Å². The zero-order chi connectivity index (χ0) is 5.91. The van der Waals surface area contributed by atoms with Crippen LogP contribution < -0.4 is 0 Å². The summed E-state index contributed by atoms with van der Waals surface area (Å²) < 4.78 is 0.188. The lowest BCUT2D eigenvalue weighted by atomic mass is 10.2. The molecular formula is C5H9Br2. The normalized spacial score (nSPS) is 18.9. The summed E-state index contributed by atoms with van der Waals surface area (Å²) in [5, 5.41) is 1.97. The summed E-state index contributed by atoms with van der Waals surface area (Å²) in [6.45, 7) is 4.24. The van der Waals surface area contributed by atoms with Gasteiger partial charge in [0, 0.05) is 9.65 Å². The molecule has 0 spiro atoms. The van der Waals surface area contributed by atoms with Crippen LogP contribution >= 0.6 is 31.9 Å². The van der Waals surface area contributed by atoms with Crippen molar-refractivity contribution >= 4 is 31.9 Å². The van der Waals surface area contributed by atoms with Crippen LogP contribution in [0.2, 0.25) is 0 Å². The minimum atomic E-state index is 0.188. The molecular weight excluding hydrogens is 220 g/mol. The van der Waals surface area contributed by atoms with Crippen LogP contribution in [-0.4, -0.2) is 4.32 Å². The Morgan fingerprint density at radius 1 is 1.71 bits per heavy atom. The number of rotatable bonds is 2. The first kappa shape index (κ1) is 7.96. The molecule has 0 amide bonds. The van der Waals surface area contributed by atoms with Crippen LogP contribution in [0, 0.1) is 5.33 Å². The van der Waals surface area contributed by atoms with Gasteiger partial charge < -0.3 is 0 Å². The second kappa shape index (κ2) is 3.08. The summed E-state index contributed by atoms with van der Waals surface area (Å²) in [4.78, 5) is 0. The average Bonchev–Trinajstić information content (AvgIpc) is 1.68. The molecule has 0 N–H and O–H groups in total. The molecule has 1 unspecified atom stereocenters. The van der Waals surface area contributed by atoms with Crippen molar-refractivity contribution < 1.29 is 0 Å². The van der Waals surface area contributed by atoms with Crippen molar-refractivity contribution in [2.45, 2.75) is 24.6 Å².